The fraction of sp³-hybridized carbons (Fsp3) is 0.636. The highest BCUT2D eigenvalue weighted by atomic mass is 32.1. The number of nitrogens with zero attached hydrogens (tertiary/aromatic N) is 1. The van der Waals surface area contributed by atoms with E-state index in [1.54, 1.807) is 0 Å². The van der Waals surface area contributed by atoms with Gasteiger partial charge < -0.3 is 5.32 Å². The van der Waals surface area contributed by atoms with E-state index in [2.05, 4.69) is 34.7 Å². The third kappa shape index (κ3) is 2.16. The highest BCUT2D eigenvalue weighted by molar-refractivity contribution is 7.10. The molecule has 1 saturated heterocycles. The lowest BCUT2D eigenvalue weighted by atomic mass is 10.1. The Morgan fingerprint density at radius 2 is 2.29 bits per heavy atom. The Hall–Kier alpha value is -0.380. The van der Waals surface area contributed by atoms with Gasteiger partial charge in [0.2, 0.25) is 0 Å². The Kier molecular flexibility index (Phi) is 3.56. The molecule has 1 fully saturated rings. The summed E-state index contributed by atoms with van der Waals surface area (Å²) in [6, 6.07) is 5.07. The molecule has 1 atom stereocenters. The summed E-state index contributed by atoms with van der Waals surface area (Å²) in [6.45, 7) is 6.95. The summed E-state index contributed by atoms with van der Waals surface area (Å²) in [6.07, 6.45) is 1.22. The molecule has 1 aromatic rings. The molecule has 0 aromatic carbocycles. The fourth-order valence-electron chi connectivity index (χ4n) is 2.11. The Balaban J connectivity index is 2.04. The molecular weight excluding hydrogens is 192 g/mol. The van der Waals surface area contributed by atoms with E-state index in [0.29, 0.717) is 6.04 Å². The topological polar surface area (TPSA) is 15.3 Å². The number of thiophene rings is 1. The second-order valence-electron chi connectivity index (χ2n) is 3.73. The van der Waals surface area contributed by atoms with E-state index < -0.39 is 0 Å². The number of rotatable bonds is 3. The molecular formula is C11H18N2S. The maximum Gasteiger partial charge on any atom is 0.0439 e. The molecule has 1 aliphatic heterocycles. The molecule has 1 N–H and O–H groups in total. The minimum absolute atomic E-state index is 0.650. The third-order valence-corrected chi connectivity index (χ3v) is 3.82. The zero-order valence-electron chi connectivity index (χ0n) is 8.70. The smallest absolute Gasteiger partial charge is 0.0439 e. The van der Waals surface area contributed by atoms with Crippen LogP contribution in [0.15, 0.2) is 17.5 Å². The molecule has 14 heavy (non-hydrogen) atoms. The average molecular weight is 210 g/mol. The molecule has 0 bridgehead atoms. The van der Waals surface area contributed by atoms with Crippen LogP contribution in [0.25, 0.3) is 0 Å². The van der Waals surface area contributed by atoms with Crippen molar-refractivity contribution in [1.29, 1.82) is 0 Å². The quantitative estimate of drug-likeness (QED) is 0.822. The van der Waals surface area contributed by atoms with Crippen LogP contribution in [0.3, 0.4) is 0 Å². The minimum Gasteiger partial charge on any atom is -0.314 e. The van der Waals surface area contributed by atoms with Crippen molar-refractivity contribution in [3.63, 3.8) is 0 Å². The van der Waals surface area contributed by atoms with Gasteiger partial charge in [0.15, 0.2) is 0 Å². The SMILES string of the molecule is CC[C@@H](c1cccs1)N1CCNCC1. The van der Waals surface area contributed by atoms with Crippen molar-refractivity contribution in [2.24, 2.45) is 0 Å². The van der Waals surface area contributed by atoms with Crippen molar-refractivity contribution in [3.05, 3.63) is 22.4 Å². The van der Waals surface area contributed by atoms with Crippen LogP contribution in [0, 0.1) is 0 Å². The maximum absolute atomic E-state index is 3.40. The molecule has 0 radical (unpaired) electrons. The first-order chi connectivity index (χ1) is 6.92. The van der Waals surface area contributed by atoms with Gasteiger partial charge in [-0.3, -0.25) is 4.90 Å². The van der Waals surface area contributed by atoms with E-state index in [-0.39, 0.29) is 0 Å². The van der Waals surface area contributed by atoms with Gasteiger partial charge in [0.25, 0.3) is 0 Å². The number of piperazine rings is 1. The van der Waals surface area contributed by atoms with Gasteiger partial charge in [-0.15, -0.1) is 11.3 Å². The highest BCUT2D eigenvalue weighted by Crippen LogP contribution is 2.27. The number of hydrogen-bond donors (Lipinski definition) is 1. The minimum atomic E-state index is 0.650. The Morgan fingerprint density at radius 1 is 1.50 bits per heavy atom. The first-order valence-electron chi connectivity index (χ1n) is 5.40. The second-order valence-corrected chi connectivity index (χ2v) is 4.70. The van der Waals surface area contributed by atoms with Gasteiger partial charge in [-0.25, -0.2) is 0 Å². The summed E-state index contributed by atoms with van der Waals surface area (Å²) in [4.78, 5) is 4.12. The summed E-state index contributed by atoms with van der Waals surface area (Å²) >= 11 is 1.89. The van der Waals surface area contributed by atoms with Gasteiger partial charge in [-0.05, 0) is 17.9 Å². The fourth-order valence-corrected chi connectivity index (χ4v) is 3.06. The molecule has 2 heterocycles. The van der Waals surface area contributed by atoms with Crippen molar-refractivity contribution >= 4 is 11.3 Å². The molecule has 0 aliphatic carbocycles. The van der Waals surface area contributed by atoms with E-state index in [1.165, 1.54) is 24.4 Å². The van der Waals surface area contributed by atoms with Crippen molar-refractivity contribution in [1.82, 2.24) is 10.2 Å². The van der Waals surface area contributed by atoms with Crippen molar-refractivity contribution in [3.8, 4) is 0 Å². The summed E-state index contributed by atoms with van der Waals surface area (Å²) < 4.78 is 0. The lowest BCUT2D eigenvalue weighted by molar-refractivity contribution is 0.172. The lowest BCUT2D eigenvalue weighted by Crippen LogP contribution is -2.44. The predicted octanol–water partition coefficient (Wildman–Crippen LogP) is 2.10. The van der Waals surface area contributed by atoms with E-state index in [9.17, 15) is 0 Å². The summed E-state index contributed by atoms with van der Waals surface area (Å²) in [7, 11) is 0. The lowest BCUT2D eigenvalue weighted by Gasteiger charge is -2.33. The van der Waals surface area contributed by atoms with E-state index in [4.69, 9.17) is 0 Å². The van der Waals surface area contributed by atoms with Crippen LogP contribution in [0.5, 0.6) is 0 Å². The van der Waals surface area contributed by atoms with Gasteiger partial charge in [-0.2, -0.15) is 0 Å². The third-order valence-electron chi connectivity index (χ3n) is 2.85. The average Bonchev–Trinajstić information content (AvgIpc) is 2.74. The van der Waals surface area contributed by atoms with Gasteiger partial charge in [0, 0.05) is 37.1 Å². The standard InChI is InChI=1S/C11H18N2S/c1-2-10(11-4-3-9-14-11)13-7-5-12-6-8-13/h3-4,9-10,12H,2,5-8H2,1H3/t10-/m0/s1. The van der Waals surface area contributed by atoms with Gasteiger partial charge in [0.1, 0.15) is 0 Å². The maximum atomic E-state index is 3.40. The zero-order chi connectivity index (χ0) is 9.80. The Morgan fingerprint density at radius 3 is 2.86 bits per heavy atom. The molecule has 0 spiro atoms. The van der Waals surface area contributed by atoms with Crippen LogP contribution >= 0.6 is 11.3 Å². The van der Waals surface area contributed by atoms with Crippen LogP contribution < -0.4 is 5.32 Å². The van der Waals surface area contributed by atoms with Crippen LogP contribution in [0.2, 0.25) is 0 Å². The second kappa shape index (κ2) is 4.91. The van der Waals surface area contributed by atoms with E-state index in [1.807, 2.05) is 11.3 Å². The van der Waals surface area contributed by atoms with Gasteiger partial charge >= 0.3 is 0 Å². The molecule has 2 nitrogen and oxygen atoms in total. The predicted molar refractivity (Wildman–Crippen MR) is 61.8 cm³/mol. The van der Waals surface area contributed by atoms with Crippen LogP contribution in [-0.2, 0) is 0 Å². The van der Waals surface area contributed by atoms with Crippen LogP contribution in [0.4, 0.5) is 0 Å². The van der Waals surface area contributed by atoms with Crippen LogP contribution in [0.1, 0.15) is 24.3 Å². The van der Waals surface area contributed by atoms with Gasteiger partial charge in [-0.1, -0.05) is 13.0 Å². The molecule has 2 rings (SSSR count). The van der Waals surface area contributed by atoms with E-state index >= 15 is 0 Å². The summed E-state index contributed by atoms with van der Waals surface area (Å²) in [5.74, 6) is 0. The first-order valence-corrected chi connectivity index (χ1v) is 6.28. The molecule has 78 valence electrons. The Bertz CT molecular complexity index is 252. The van der Waals surface area contributed by atoms with Crippen molar-refractivity contribution in [2.45, 2.75) is 19.4 Å². The zero-order valence-corrected chi connectivity index (χ0v) is 9.52. The molecule has 1 aliphatic rings. The van der Waals surface area contributed by atoms with Crippen molar-refractivity contribution < 1.29 is 0 Å². The van der Waals surface area contributed by atoms with Crippen LogP contribution in [-0.4, -0.2) is 31.1 Å². The molecule has 0 amide bonds. The molecule has 1 aromatic heterocycles. The monoisotopic (exact) mass is 210 g/mol. The van der Waals surface area contributed by atoms with E-state index in [0.717, 1.165) is 13.1 Å². The summed E-state index contributed by atoms with van der Waals surface area (Å²) in [5, 5.41) is 5.58. The summed E-state index contributed by atoms with van der Waals surface area (Å²) in [5.41, 5.74) is 0. The molecule has 0 unspecified atom stereocenters. The highest BCUT2D eigenvalue weighted by Gasteiger charge is 2.20. The van der Waals surface area contributed by atoms with Gasteiger partial charge in [0.05, 0.1) is 0 Å². The van der Waals surface area contributed by atoms with Crippen molar-refractivity contribution in [2.75, 3.05) is 26.2 Å². The number of nitrogens with one attached hydrogen (secondary N) is 1. The molecule has 3 heteroatoms. The largest absolute Gasteiger partial charge is 0.314 e. The first kappa shape index (κ1) is 10.1. The number of hydrogen-bond acceptors (Lipinski definition) is 3. The Labute approximate surface area is 89.9 Å². The molecule has 0 saturated carbocycles. The normalized spacial score (nSPS) is 20.9.